The van der Waals surface area contributed by atoms with E-state index in [9.17, 15) is 14.4 Å². The molecule has 0 saturated carbocycles. The third kappa shape index (κ3) is 3.94. The monoisotopic (exact) mass is 270 g/mol. The maximum Gasteiger partial charge on any atom is 0.331 e. The van der Waals surface area contributed by atoms with Gasteiger partial charge in [-0.3, -0.25) is 9.59 Å². The number of methoxy groups -OCH3 is 1. The highest BCUT2D eigenvalue weighted by Crippen LogP contribution is 2.15. The molecule has 1 heterocycles. The number of carbonyl (C=O) groups is 3. The smallest absolute Gasteiger partial charge is 0.331 e. The van der Waals surface area contributed by atoms with E-state index >= 15 is 0 Å². The number of esters is 1. The first-order chi connectivity index (χ1) is 8.92. The molecule has 0 bridgehead atoms. The topological polar surface area (TPSA) is 75.7 Å². The second kappa shape index (κ2) is 6.54. The van der Waals surface area contributed by atoms with Gasteiger partial charge in [-0.15, -0.1) is 0 Å². The van der Waals surface area contributed by atoms with Crippen LogP contribution in [0.4, 0.5) is 0 Å². The molecule has 1 unspecified atom stereocenters. The van der Waals surface area contributed by atoms with Crippen molar-refractivity contribution in [2.24, 2.45) is 0 Å². The number of likely N-dealkylation sites (tertiary alicyclic amines) is 1. The van der Waals surface area contributed by atoms with E-state index in [1.165, 1.54) is 12.0 Å². The van der Waals surface area contributed by atoms with Crippen LogP contribution in [0, 0.1) is 0 Å². The van der Waals surface area contributed by atoms with E-state index in [0.29, 0.717) is 19.4 Å². The van der Waals surface area contributed by atoms with E-state index in [2.05, 4.69) is 5.32 Å². The largest absolute Gasteiger partial charge is 0.467 e. The lowest BCUT2D eigenvalue weighted by atomic mass is 9.96. The van der Waals surface area contributed by atoms with Crippen LogP contribution >= 0.6 is 0 Å². The molecule has 6 nitrogen and oxygen atoms in total. The summed E-state index contributed by atoms with van der Waals surface area (Å²) in [5, 5.41) is 2.69. The van der Waals surface area contributed by atoms with Gasteiger partial charge in [0.15, 0.2) is 0 Å². The summed E-state index contributed by atoms with van der Waals surface area (Å²) in [7, 11) is 1.30. The number of ether oxygens (including phenoxy) is 1. The summed E-state index contributed by atoms with van der Waals surface area (Å²) in [6.45, 7) is 4.19. The van der Waals surface area contributed by atoms with E-state index < -0.39 is 11.5 Å². The third-order valence-electron chi connectivity index (χ3n) is 3.31. The Bertz CT molecular complexity index is 370. The fourth-order valence-corrected chi connectivity index (χ4v) is 2.33. The van der Waals surface area contributed by atoms with Crippen molar-refractivity contribution in [3.8, 4) is 0 Å². The van der Waals surface area contributed by atoms with Gasteiger partial charge in [0.2, 0.25) is 11.8 Å². The normalized spacial score (nSPS) is 18.1. The number of hydrogen-bond acceptors (Lipinski definition) is 4. The predicted octanol–water partition coefficient (Wildman–Crippen LogP) is 0.457. The van der Waals surface area contributed by atoms with Crippen molar-refractivity contribution >= 4 is 17.8 Å². The molecular weight excluding hydrogens is 248 g/mol. The molecule has 1 N–H and O–H groups in total. The summed E-state index contributed by atoms with van der Waals surface area (Å²) < 4.78 is 4.73. The van der Waals surface area contributed by atoms with Gasteiger partial charge < -0.3 is 15.0 Å². The van der Waals surface area contributed by atoms with Crippen molar-refractivity contribution in [1.82, 2.24) is 10.2 Å². The number of rotatable bonds is 6. The molecule has 0 spiro atoms. The molecule has 0 aliphatic carbocycles. The van der Waals surface area contributed by atoms with Crippen molar-refractivity contribution in [2.45, 2.75) is 45.1 Å². The highest BCUT2D eigenvalue weighted by Gasteiger charge is 2.35. The zero-order chi connectivity index (χ0) is 14.5. The Kier molecular flexibility index (Phi) is 5.32. The van der Waals surface area contributed by atoms with Crippen molar-refractivity contribution in [2.75, 3.05) is 20.2 Å². The Labute approximate surface area is 113 Å². The van der Waals surface area contributed by atoms with Crippen molar-refractivity contribution in [3.63, 3.8) is 0 Å². The molecule has 1 fully saturated rings. The Morgan fingerprint density at radius 3 is 2.63 bits per heavy atom. The third-order valence-corrected chi connectivity index (χ3v) is 3.31. The molecule has 1 saturated heterocycles. The standard InChI is InChI=1S/C13H22N2O4/c1-4-7-13(2,12(18)19-3)14-10(16)9-15-8-5-6-11(15)17/h4-9H2,1-3H3,(H,14,16). The Morgan fingerprint density at radius 1 is 1.47 bits per heavy atom. The van der Waals surface area contributed by atoms with Crippen molar-refractivity contribution in [1.29, 1.82) is 0 Å². The summed E-state index contributed by atoms with van der Waals surface area (Å²) in [6.07, 6.45) is 2.53. The van der Waals surface area contributed by atoms with Gasteiger partial charge in [-0.1, -0.05) is 13.3 Å². The minimum atomic E-state index is -1.02. The van der Waals surface area contributed by atoms with Crippen molar-refractivity contribution in [3.05, 3.63) is 0 Å². The lowest BCUT2D eigenvalue weighted by molar-refractivity contribution is -0.150. The zero-order valence-corrected chi connectivity index (χ0v) is 11.8. The highest BCUT2D eigenvalue weighted by molar-refractivity contribution is 5.90. The van der Waals surface area contributed by atoms with Crippen LogP contribution in [0.1, 0.15) is 39.5 Å². The molecular formula is C13H22N2O4. The first kappa shape index (κ1) is 15.5. The molecule has 0 aromatic rings. The molecule has 6 heteroatoms. The van der Waals surface area contributed by atoms with Crippen LogP contribution in [0.5, 0.6) is 0 Å². The van der Waals surface area contributed by atoms with Gasteiger partial charge in [0, 0.05) is 13.0 Å². The molecule has 0 aromatic carbocycles. The second-order valence-electron chi connectivity index (χ2n) is 5.04. The van der Waals surface area contributed by atoms with Gasteiger partial charge >= 0.3 is 5.97 Å². The maximum atomic E-state index is 11.9. The molecule has 19 heavy (non-hydrogen) atoms. The molecule has 2 amide bonds. The fourth-order valence-electron chi connectivity index (χ4n) is 2.33. The Balaban J connectivity index is 2.61. The van der Waals surface area contributed by atoms with E-state index in [-0.39, 0.29) is 18.4 Å². The van der Waals surface area contributed by atoms with Gasteiger partial charge in [0.1, 0.15) is 5.54 Å². The number of nitrogens with one attached hydrogen (secondary N) is 1. The summed E-state index contributed by atoms with van der Waals surface area (Å²) in [6, 6.07) is 0. The van der Waals surface area contributed by atoms with Crippen LogP contribution in [-0.2, 0) is 19.1 Å². The highest BCUT2D eigenvalue weighted by atomic mass is 16.5. The summed E-state index contributed by atoms with van der Waals surface area (Å²) >= 11 is 0. The molecule has 0 aromatic heterocycles. The van der Waals surface area contributed by atoms with Gasteiger partial charge in [-0.2, -0.15) is 0 Å². The molecule has 1 rings (SSSR count). The predicted molar refractivity (Wildman–Crippen MR) is 69.3 cm³/mol. The van der Waals surface area contributed by atoms with Gasteiger partial charge in [0.25, 0.3) is 0 Å². The first-order valence-electron chi connectivity index (χ1n) is 6.60. The van der Waals surface area contributed by atoms with E-state index in [4.69, 9.17) is 4.74 Å². The number of nitrogens with zero attached hydrogens (tertiary/aromatic N) is 1. The van der Waals surface area contributed by atoms with E-state index in [0.717, 1.165) is 12.8 Å². The first-order valence-corrected chi connectivity index (χ1v) is 6.60. The average molecular weight is 270 g/mol. The molecule has 108 valence electrons. The van der Waals surface area contributed by atoms with Crippen LogP contribution in [0.15, 0.2) is 0 Å². The number of hydrogen-bond donors (Lipinski definition) is 1. The molecule has 1 atom stereocenters. The summed E-state index contributed by atoms with van der Waals surface area (Å²) in [5.41, 5.74) is -1.02. The summed E-state index contributed by atoms with van der Waals surface area (Å²) in [4.78, 5) is 36.6. The van der Waals surface area contributed by atoms with Crippen LogP contribution in [0.3, 0.4) is 0 Å². The van der Waals surface area contributed by atoms with Crippen LogP contribution in [-0.4, -0.2) is 48.4 Å². The van der Waals surface area contributed by atoms with Crippen LogP contribution < -0.4 is 5.32 Å². The average Bonchev–Trinajstić information content (AvgIpc) is 2.74. The van der Waals surface area contributed by atoms with Crippen LogP contribution in [0.2, 0.25) is 0 Å². The Morgan fingerprint density at radius 2 is 2.16 bits per heavy atom. The maximum absolute atomic E-state index is 11.9. The van der Waals surface area contributed by atoms with Gasteiger partial charge in [-0.25, -0.2) is 4.79 Å². The van der Waals surface area contributed by atoms with E-state index in [1.807, 2.05) is 6.92 Å². The van der Waals surface area contributed by atoms with Gasteiger partial charge in [0.05, 0.1) is 13.7 Å². The fraction of sp³-hybridized carbons (Fsp3) is 0.769. The molecule has 1 aliphatic rings. The second-order valence-corrected chi connectivity index (χ2v) is 5.04. The zero-order valence-electron chi connectivity index (χ0n) is 11.8. The summed E-state index contributed by atoms with van der Waals surface area (Å²) in [5.74, 6) is -0.794. The minimum absolute atomic E-state index is 0.00888. The van der Waals surface area contributed by atoms with E-state index in [1.54, 1.807) is 6.92 Å². The van der Waals surface area contributed by atoms with Crippen LogP contribution in [0.25, 0.3) is 0 Å². The number of amides is 2. The quantitative estimate of drug-likeness (QED) is 0.711. The molecule has 0 radical (unpaired) electrons. The SMILES string of the molecule is CCCC(C)(NC(=O)CN1CCCC1=O)C(=O)OC. The minimum Gasteiger partial charge on any atom is -0.467 e. The van der Waals surface area contributed by atoms with Crippen molar-refractivity contribution < 1.29 is 19.1 Å². The lowest BCUT2D eigenvalue weighted by Crippen LogP contribution is -2.55. The molecule has 1 aliphatic heterocycles. The number of carbonyl (C=O) groups excluding carboxylic acids is 3. The van der Waals surface area contributed by atoms with Gasteiger partial charge in [-0.05, 0) is 19.8 Å². The Hall–Kier alpha value is -1.59. The lowest BCUT2D eigenvalue weighted by Gasteiger charge is -2.28.